The SMILES string of the molecule is COC1=C(OC)CC2=C3CC(O)C(CC(C)C)CN3CCC2=C1. The Morgan fingerprint density at radius 3 is 2.74 bits per heavy atom. The van der Waals surface area contributed by atoms with Crippen LogP contribution in [0.3, 0.4) is 0 Å². The second kappa shape index (κ2) is 6.60. The minimum absolute atomic E-state index is 0.228. The van der Waals surface area contributed by atoms with Gasteiger partial charge in [0, 0.05) is 37.5 Å². The molecule has 4 nitrogen and oxygen atoms in total. The molecule has 3 rings (SSSR count). The van der Waals surface area contributed by atoms with E-state index in [1.807, 2.05) is 0 Å². The van der Waals surface area contributed by atoms with Gasteiger partial charge in [-0.15, -0.1) is 0 Å². The Morgan fingerprint density at radius 1 is 1.30 bits per heavy atom. The normalized spacial score (nSPS) is 27.7. The number of methoxy groups -OCH3 is 2. The van der Waals surface area contributed by atoms with E-state index >= 15 is 0 Å². The molecular formula is C19H29NO3. The summed E-state index contributed by atoms with van der Waals surface area (Å²) < 4.78 is 11.0. The van der Waals surface area contributed by atoms with Crippen LogP contribution in [-0.4, -0.2) is 43.4 Å². The lowest BCUT2D eigenvalue weighted by atomic mass is 9.80. The minimum Gasteiger partial charge on any atom is -0.497 e. The van der Waals surface area contributed by atoms with Crippen molar-refractivity contribution in [1.82, 2.24) is 4.90 Å². The van der Waals surface area contributed by atoms with E-state index < -0.39 is 0 Å². The predicted molar refractivity (Wildman–Crippen MR) is 90.5 cm³/mol. The zero-order valence-electron chi connectivity index (χ0n) is 14.8. The molecule has 2 heterocycles. The smallest absolute Gasteiger partial charge is 0.157 e. The minimum atomic E-state index is -0.228. The van der Waals surface area contributed by atoms with E-state index in [2.05, 4.69) is 24.8 Å². The van der Waals surface area contributed by atoms with Crippen LogP contribution in [0, 0.1) is 11.8 Å². The topological polar surface area (TPSA) is 41.9 Å². The predicted octanol–water partition coefficient (Wildman–Crippen LogP) is 3.21. The fraction of sp³-hybridized carbons (Fsp3) is 0.684. The van der Waals surface area contributed by atoms with E-state index in [-0.39, 0.29) is 6.10 Å². The first kappa shape index (κ1) is 16.4. The lowest BCUT2D eigenvalue weighted by Crippen LogP contribution is -2.45. The van der Waals surface area contributed by atoms with Crippen LogP contribution >= 0.6 is 0 Å². The number of nitrogens with zero attached hydrogens (tertiary/aromatic N) is 1. The largest absolute Gasteiger partial charge is 0.497 e. The monoisotopic (exact) mass is 319 g/mol. The standard InChI is InChI=1S/C19H29NO3/c1-12(2)7-14-11-20-6-5-13-8-18(22-3)19(23-4)9-15(13)16(20)10-17(14)21/h8,12,14,17,21H,5-7,9-11H2,1-4H3. The summed E-state index contributed by atoms with van der Waals surface area (Å²) in [6, 6.07) is 0. The second-order valence-corrected chi connectivity index (χ2v) is 7.32. The first-order valence-corrected chi connectivity index (χ1v) is 8.70. The quantitative estimate of drug-likeness (QED) is 0.864. The Kier molecular flexibility index (Phi) is 4.72. The number of aliphatic hydroxyl groups is 1. The van der Waals surface area contributed by atoms with Gasteiger partial charge in [-0.3, -0.25) is 0 Å². The lowest BCUT2D eigenvalue weighted by Gasteiger charge is -2.45. The van der Waals surface area contributed by atoms with E-state index in [1.165, 1.54) is 16.8 Å². The van der Waals surface area contributed by atoms with Crippen molar-refractivity contribution in [2.45, 2.75) is 45.6 Å². The first-order valence-electron chi connectivity index (χ1n) is 8.70. The van der Waals surface area contributed by atoms with E-state index in [0.29, 0.717) is 11.8 Å². The average Bonchev–Trinajstić information content (AvgIpc) is 2.53. The molecule has 2 aliphatic heterocycles. The van der Waals surface area contributed by atoms with Crippen molar-refractivity contribution < 1.29 is 14.6 Å². The number of allylic oxidation sites excluding steroid dienone is 2. The Hall–Kier alpha value is -1.42. The van der Waals surface area contributed by atoms with Gasteiger partial charge in [-0.1, -0.05) is 13.8 Å². The third-order valence-electron chi connectivity index (χ3n) is 5.33. The maximum Gasteiger partial charge on any atom is 0.157 e. The number of piperidine rings is 1. The molecule has 0 amide bonds. The highest BCUT2D eigenvalue weighted by Crippen LogP contribution is 2.42. The summed E-state index contributed by atoms with van der Waals surface area (Å²) in [4.78, 5) is 2.50. The van der Waals surface area contributed by atoms with Gasteiger partial charge in [-0.05, 0) is 36.0 Å². The molecule has 1 fully saturated rings. The van der Waals surface area contributed by atoms with Gasteiger partial charge in [0.05, 0.1) is 20.3 Å². The number of aliphatic hydroxyl groups excluding tert-OH is 1. The van der Waals surface area contributed by atoms with Crippen molar-refractivity contribution in [2.75, 3.05) is 27.3 Å². The van der Waals surface area contributed by atoms with Gasteiger partial charge in [-0.2, -0.15) is 0 Å². The Labute approximate surface area is 139 Å². The molecular weight excluding hydrogens is 290 g/mol. The summed E-state index contributed by atoms with van der Waals surface area (Å²) in [6.45, 7) is 6.50. The van der Waals surface area contributed by atoms with Crippen molar-refractivity contribution in [3.8, 4) is 0 Å². The van der Waals surface area contributed by atoms with Crippen LogP contribution in [0.1, 0.15) is 39.5 Å². The van der Waals surface area contributed by atoms with Crippen LogP contribution < -0.4 is 0 Å². The summed E-state index contributed by atoms with van der Waals surface area (Å²) in [7, 11) is 3.40. The molecule has 0 saturated carbocycles. The number of fused-ring (bicyclic) bond motifs is 2. The molecule has 3 aliphatic rings. The summed E-state index contributed by atoms with van der Waals surface area (Å²) in [6.07, 6.45) is 5.58. The fourth-order valence-electron chi connectivity index (χ4n) is 4.18. The summed E-state index contributed by atoms with van der Waals surface area (Å²) in [5, 5.41) is 10.6. The van der Waals surface area contributed by atoms with Crippen LogP contribution in [0.5, 0.6) is 0 Å². The molecule has 1 saturated heterocycles. The van der Waals surface area contributed by atoms with Crippen molar-refractivity contribution in [1.29, 1.82) is 0 Å². The van der Waals surface area contributed by atoms with Gasteiger partial charge in [0.1, 0.15) is 5.76 Å². The van der Waals surface area contributed by atoms with Gasteiger partial charge in [0.15, 0.2) is 5.76 Å². The molecule has 1 N–H and O–H groups in total. The molecule has 4 heteroatoms. The molecule has 23 heavy (non-hydrogen) atoms. The van der Waals surface area contributed by atoms with Gasteiger partial charge >= 0.3 is 0 Å². The highest BCUT2D eigenvalue weighted by molar-refractivity contribution is 5.48. The number of hydrogen-bond acceptors (Lipinski definition) is 4. The van der Waals surface area contributed by atoms with Gasteiger partial charge in [0.25, 0.3) is 0 Å². The average molecular weight is 319 g/mol. The lowest BCUT2D eigenvalue weighted by molar-refractivity contribution is 0.0382. The van der Waals surface area contributed by atoms with E-state index in [0.717, 1.165) is 50.3 Å². The molecule has 1 aliphatic carbocycles. The highest BCUT2D eigenvalue weighted by Gasteiger charge is 2.36. The van der Waals surface area contributed by atoms with Gasteiger partial charge < -0.3 is 19.5 Å². The van der Waals surface area contributed by atoms with E-state index in [1.54, 1.807) is 14.2 Å². The van der Waals surface area contributed by atoms with Crippen molar-refractivity contribution in [3.05, 3.63) is 34.4 Å². The van der Waals surface area contributed by atoms with Crippen molar-refractivity contribution in [2.24, 2.45) is 11.8 Å². The molecule has 0 spiro atoms. The molecule has 0 aromatic rings. The van der Waals surface area contributed by atoms with Gasteiger partial charge in [0.2, 0.25) is 0 Å². The molecule has 0 radical (unpaired) electrons. The molecule has 0 aromatic carbocycles. The Balaban J connectivity index is 1.87. The van der Waals surface area contributed by atoms with E-state index in [9.17, 15) is 5.11 Å². The maximum atomic E-state index is 10.6. The number of hydrogen-bond donors (Lipinski definition) is 1. The molecule has 2 unspecified atom stereocenters. The first-order chi connectivity index (χ1) is 11.0. The summed E-state index contributed by atoms with van der Waals surface area (Å²) >= 11 is 0. The molecule has 0 bridgehead atoms. The maximum absolute atomic E-state index is 10.6. The van der Waals surface area contributed by atoms with Crippen LogP contribution in [0.2, 0.25) is 0 Å². The van der Waals surface area contributed by atoms with Crippen LogP contribution in [0.4, 0.5) is 0 Å². The summed E-state index contributed by atoms with van der Waals surface area (Å²) in [5.74, 6) is 2.75. The van der Waals surface area contributed by atoms with Crippen LogP contribution in [0.15, 0.2) is 34.4 Å². The molecule has 128 valence electrons. The van der Waals surface area contributed by atoms with Gasteiger partial charge in [-0.25, -0.2) is 0 Å². The third kappa shape index (κ3) is 3.14. The fourth-order valence-corrected chi connectivity index (χ4v) is 4.18. The zero-order valence-corrected chi connectivity index (χ0v) is 14.8. The van der Waals surface area contributed by atoms with E-state index in [4.69, 9.17) is 9.47 Å². The zero-order chi connectivity index (χ0) is 16.6. The number of rotatable bonds is 4. The van der Waals surface area contributed by atoms with Crippen molar-refractivity contribution >= 4 is 0 Å². The highest BCUT2D eigenvalue weighted by atomic mass is 16.5. The number of ether oxygens (including phenoxy) is 2. The second-order valence-electron chi connectivity index (χ2n) is 7.32. The Bertz CT molecular complexity index is 559. The van der Waals surface area contributed by atoms with Crippen molar-refractivity contribution in [3.63, 3.8) is 0 Å². The third-order valence-corrected chi connectivity index (χ3v) is 5.33. The summed E-state index contributed by atoms with van der Waals surface area (Å²) in [5.41, 5.74) is 4.01. The Morgan fingerprint density at radius 2 is 2.09 bits per heavy atom. The molecule has 2 atom stereocenters. The molecule has 0 aromatic heterocycles. The van der Waals surface area contributed by atoms with Crippen LogP contribution in [0.25, 0.3) is 0 Å². The van der Waals surface area contributed by atoms with Crippen LogP contribution in [-0.2, 0) is 9.47 Å².